The molecule has 0 aliphatic carbocycles. The van der Waals surface area contributed by atoms with Crippen LogP contribution in [0.25, 0.3) is 11.5 Å². The maximum Gasteiger partial charge on any atom is 0.341 e. The van der Waals surface area contributed by atoms with Crippen LogP contribution in [0.1, 0.15) is 34.8 Å². The van der Waals surface area contributed by atoms with E-state index in [0.29, 0.717) is 11.6 Å². The van der Waals surface area contributed by atoms with Crippen LogP contribution in [-0.2, 0) is 4.74 Å². The van der Waals surface area contributed by atoms with E-state index in [2.05, 4.69) is 10.2 Å². The number of carbonyl (C=O) groups excluding carboxylic acids is 1. The number of rotatable bonds is 5. The van der Waals surface area contributed by atoms with Crippen molar-refractivity contribution >= 4 is 5.97 Å². The summed E-state index contributed by atoms with van der Waals surface area (Å²) in [5.41, 5.74) is 1.67. The summed E-state index contributed by atoms with van der Waals surface area (Å²) in [6.07, 6.45) is -0.823. The Morgan fingerprint density at radius 3 is 2.54 bits per heavy atom. The third kappa shape index (κ3) is 3.72. The van der Waals surface area contributed by atoms with E-state index in [1.165, 1.54) is 19.2 Å². The first-order chi connectivity index (χ1) is 12.5. The molecule has 0 radical (unpaired) electrons. The first-order valence-corrected chi connectivity index (χ1v) is 7.93. The van der Waals surface area contributed by atoms with E-state index in [1.54, 1.807) is 6.92 Å². The van der Waals surface area contributed by atoms with E-state index in [-0.39, 0.29) is 11.5 Å². The minimum Gasteiger partial charge on any atom is -0.497 e. The van der Waals surface area contributed by atoms with Crippen molar-refractivity contribution in [3.05, 3.63) is 65.3 Å². The van der Waals surface area contributed by atoms with E-state index >= 15 is 0 Å². The Balaban J connectivity index is 1.73. The molecule has 0 N–H and O–H groups in total. The molecule has 0 aliphatic rings. The monoisotopic (exact) mass is 356 g/mol. The molecule has 2 aromatic carbocycles. The zero-order valence-electron chi connectivity index (χ0n) is 14.5. The molecule has 3 aromatic rings. The van der Waals surface area contributed by atoms with Gasteiger partial charge in [-0.15, -0.1) is 10.2 Å². The summed E-state index contributed by atoms with van der Waals surface area (Å²) in [5, 5.41) is 7.86. The highest BCUT2D eigenvalue weighted by Crippen LogP contribution is 2.24. The predicted molar refractivity (Wildman–Crippen MR) is 91.3 cm³/mol. The molecule has 26 heavy (non-hydrogen) atoms. The molecular weight excluding hydrogens is 339 g/mol. The highest BCUT2D eigenvalue weighted by molar-refractivity contribution is 5.90. The third-order valence-electron chi connectivity index (χ3n) is 3.77. The van der Waals surface area contributed by atoms with Crippen molar-refractivity contribution in [3.63, 3.8) is 0 Å². The highest BCUT2D eigenvalue weighted by Gasteiger charge is 2.22. The summed E-state index contributed by atoms with van der Waals surface area (Å²) in [7, 11) is 1.41. The molecule has 0 aliphatic heterocycles. The van der Waals surface area contributed by atoms with Crippen molar-refractivity contribution in [1.29, 1.82) is 0 Å². The summed E-state index contributed by atoms with van der Waals surface area (Å²) in [4.78, 5) is 12.2. The first-order valence-electron chi connectivity index (χ1n) is 7.93. The Bertz CT molecular complexity index is 922. The lowest BCUT2D eigenvalue weighted by molar-refractivity contribution is 0.0274. The van der Waals surface area contributed by atoms with Gasteiger partial charge in [0, 0.05) is 11.6 Å². The molecule has 0 unspecified atom stereocenters. The molecule has 134 valence electrons. The summed E-state index contributed by atoms with van der Waals surface area (Å²) < 4.78 is 29.7. The number of carbonyl (C=O) groups is 1. The van der Waals surface area contributed by atoms with E-state index in [0.717, 1.165) is 17.2 Å². The molecule has 3 rings (SSSR count). The fourth-order valence-corrected chi connectivity index (χ4v) is 2.27. The molecule has 0 saturated heterocycles. The zero-order valence-corrected chi connectivity index (χ0v) is 14.5. The molecule has 6 nitrogen and oxygen atoms in total. The second kappa shape index (κ2) is 7.35. The Labute approximate surface area is 149 Å². The van der Waals surface area contributed by atoms with Gasteiger partial charge < -0.3 is 13.9 Å². The van der Waals surface area contributed by atoms with Crippen LogP contribution in [0.5, 0.6) is 5.75 Å². The maximum absolute atomic E-state index is 14.0. The fraction of sp³-hybridized carbons (Fsp3) is 0.211. The van der Waals surface area contributed by atoms with Gasteiger partial charge in [-0.25, -0.2) is 9.18 Å². The molecule has 0 amide bonds. The van der Waals surface area contributed by atoms with Crippen molar-refractivity contribution in [2.75, 3.05) is 7.11 Å². The smallest absolute Gasteiger partial charge is 0.341 e. The van der Waals surface area contributed by atoms with Crippen LogP contribution < -0.4 is 4.74 Å². The molecule has 0 fully saturated rings. The number of esters is 1. The number of aromatic nitrogens is 2. The van der Waals surface area contributed by atoms with Gasteiger partial charge in [0.1, 0.15) is 11.6 Å². The van der Waals surface area contributed by atoms with Crippen molar-refractivity contribution < 1.29 is 23.1 Å². The highest BCUT2D eigenvalue weighted by atomic mass is 19.1. The van der Waals surface area contributed by atoms with Crippen molar-refractivity contribution in [1.82, 2.24) is 10.2 Å². The Morgan fingerprint density at radius 2 is 1.88 bits per heavy atom. The summed E-state index contributed by atoms with van der Waals surface area (Å²) >= 11 is 0. The second-order valence-corrected chi connectivity index (χ2v) is 5.70. The van der Waals surface area contributed by atoms with Crippen LogP contribution in [0.15, 0.2) is 46.9 Å². The summed E-state index contributed by atoms with van der Waals surface area (Å²) in [6.45, 7) is 3.55. The molecule has 0 bridgehead atoms. The van der Waals surface area contributed by atoms with Crippen molar-refractivity contribution in [2.45, 2.75) is 20.0 Å². The molecule has 0 saturated carbocycles. The Hall–Kier alpha value is -3.22. The molecule has 1 atom stereocenters. The summed E-state index contributed by atoms with van der Waals surface area (Å²) in [6, 6.07) is 11.5. The molecule has 1 aromatic heterocycles. The van der Waals surface area contributed by atoms with Crippen LogP contribution in [0.4, 0.5) is 4.39 Å². The van der Waals surface area contributed by atoms with Crippen LogP contribution in [0, 0.1) is 12.7 Å². The second-order valence-electron chi connectivity index (χ2n) is 5.70. The van der Waals surface area contributed by atoms with Crippen LogP contribution in [-0.4, -0.2) is 23.3 Å². The average Bonchev–Trinajstić information content (AvgIpc) is 3.12. The standard InChI is InChI=1S/C19H17FN2O4/c1-11-4-6-13(7-5-11)18-22-21-17(26-18)12(2)25-19(23)15-9-8-14(24-3)10-16(15)20/h4-10,12H,1-3H3/t12-/m1/s1. The van der Waals surface area contributed by atoms with Crippen LogP contribution in [0.3, 0.4) is 0 Å². The van der Waals surface area contributed by atoms with E-state index in [4.69, 9.17) is 13.9 Å². The number of aryl methyl sites for hydroxylation is 1. The lowest BCUT2D eigenvalue weighted by atomic mass is 10.1. The largest absolute Gasteiger partial charge is 0.497 e. The number of halogens is 1. The van der Waals surface area contributed by atoms with Gasteiger partial charge in [0.15, 0.2) is 6.10 Å². The van der Waals surface area contributed by atoms with Gasteiger partial charge in [-0.05, 0) is 38.1 Å². The van der Waals surface area contributed by atoms with Crippen molar-refractivity contribution in [3.8, 4) is 17.2 Å². The van der Waals surface area contributed by atoms with Gasteiger partial charge >= 0.3 is 5.97 Å². The molecule has 7 heteroatoms. The third-order valence-corrected chi connectivity index (χ3v) is 3.77. The minimum atomic E-state index is -0.826. The lowest BCUT2D eigenvalue weighted by Gasteiger charge is -2.10. The Morgan fingerprint density at radius 1 is 1.15 bits per heavy atom. The predicted octanol–water partition coefficient (Wildman–Crippen LogP) is 4.11. The lowest BCUT2D eigenvalue weighted by Crippen LogP contribution is -2.11. The number of benzene rings is 2. The minimum absolute atomic E-state index is 0.128. The van der Waals surface area contributed by atoms with Gasteiger partial charge in [-0.2, -0.15) is 0 Å². The van der Waals surface area contributed by atoms with E-state index in [9.17, 15) is 9.18 Å². The maximum atomic E-state index is 14.0. The Kier molecular flexibility index (Phi) is 4.97. The molecule has 1 heterocycles. The summed E-state index contributed by atoms with van der Waals surface area (Å²) in [5.74, 6) is -0.798. The number of ether oxygens (including phenoxy) is 2. The van der Waals surface area contributed by atoms with Gasteiger partial charge in [0.25, 0.3) is 5.89 Å². The number of hydrogen-bond donors (Lipinski definition) is 0. The SMILES string of the molecule is COc1ccc(C(=O)O[C@H](C)c2nnc(-c3ccc(C)cc3)o2)c(F)c1. The van der Waals surface area contributed by atoms with Gasteiger partial charge in [0.05, 0.1) is 12.7 Å². The number of nitrogens with zero attached hydrogens (tertiary/aromatic N) is 2. The number of hydrogen-bond acceptors (Lipinski definition) is 6. The number of methoxy groups -OCH3 is 1. The van der Waals surface area contributed by atoms with Gasteiger partial charge in [-0.3, -0.25) is 0 Å². The van der Waals surface area contributed by atoms with Crippen LogP contribution in [0.2, 0.25) is 0 Å². The topological polar surface area (TPSA) is 74.5 Å². The van der Waals surface area contributed by atoms with Crippen molar-refractivity contribution in [2.24, 2.45) is 0 Å². The van der Waals surface area contributed by atoms with Gasteiger partial charge in [0.2, 0.25) is 5.89 Å². The van der Waals surface area contributed by atoms with Gasteiger partial charge in [-0.1, -0.05) is 17.7 Å². The molecular formula is C19H17FN2O4. The quantitative estimate of drug-likeness (QED) is 0.641. The first kappa shape index (κ1) is 17.6. The van der Waals surface area contributed by atoms with Crippen LogP contribution >= 0.6 is 0 Å². The zero-order chi connectivity index (χ0) is 18.7. The van der Waals surface area contributed by atoms with E-state index in [1.807, 2.05) is 31.2 Å². The normalized spacial score (nSPS) is 11.8. The average molecular weight is 356 g/mol. The van der Waals surface area contributed by atoms with E-state index < -0.39 is 17.9 Å². The fourth-order valence-electron chi connectivity index (χ4n) is 2.27. The molecule has 0 spiro atoms.